The first-order valence-corrected chi connectivity index (χ1v) is 19.1. The molecule has 0 saturated heterocycles. The molecule has 4 heterocycles. The molecule has 0 saturated carbocycles. The van der Waals surface area contributed by atoms with E-state index in [1.165, 1.54) is 40.5 Å². The number of nitrogens with one attached hydrogen (secondary N) is 2. The van der Waals surface area contributed by atoms with Crippen molar-refractivity contribution in [3.05, 3.63) is 91.4 Å². The minimum atomic E-state index is -0.655. The van der Waals surface area contributed by atoms with Crippen LogP contribution in [0.4, 0.5) is 20.4 Å². The van der Waals surface area contributed by atoms with Gasteiger partial charge in [0.15, 0.2) is 11.4 Å². The number of fused-ring (bicyclic) bond motifs is 2. The van der Waals surface area contributed by atoms with Crippen LogP contribution < -0.4 is 22.1 Å². The van der Waals surface area contributed by atoms with Crippen LogP contribution in [-0.4, -0.2) is 84.3 Å². The molecule has 2 N–H and O–H groups in total. The molecule has 0 spiro atoms. The first-order valence-electron chi connectivity index (χ1n) is 16.0. The van der Waals surface area contributed by atoms with E-state index in [0.29, 0.717) is 48.9 Å². The first-order chi connectivity index (χ1) is 25.8. The maximum absolute atomic E-state index is 13.6. The largest absolute Gasteiger partial charge is 0.442 e. The molecule has 278 valence electrons. The Morgan fingerprint density at radius 1 is 0.830 bits per heavy atom. The van der Waals surface area contributed by atoms with E-state index >= 15 is 0 Å². The van der Waals surface area contributed by atoms with Gasteiger partial charge in [-0.25, -0.2) is 41.6 Å². The highest BCUT2D eigenvalue weighted by atomic mass is 32.2. The highest BCUT2D eigenvalue weighted by Gasteiger charge is 2.36. The second-order valence-corrected chi connectivity index (χ2v) is 14.5. The summed E-state index contributed by atoms with van der Waals surface area (Å²) >= 11 is 1.68. The second kappa shape index (κ2) is 15.6. The summed E-state index contributed by atoms with van der Waals surface area (Å²) in [7, 11) is 1.23. The quantitative estimate of drug-likeness (QED) is 0.127. The summed E-state index contributed by atoms with van der Waals surface area (Å²) in [5.74, 6) is 0.668. The van der Waals surface area contributed by atoms with Crippen molar-refractivity contribution >= 4 is 34.1 Å². The molecule has 2 aromatic carbocycles. The summed E-state index contributed by atoms with van der Waals surface area (Å²) in [4.78, 5) is 29.2. The summed E-state index contributed by atoms with van der Waals surface area (Å²) < 4.78 is 53.1. The predicted octanol–water partition coefficient (Wildman–Crippen LogP) is 3.52. The van der Waals surface area contributed by atoms with Crippen molar-refractivity contribution in [3.63, 3.8) is 0 Å². The van der Waals surface area contributed by atoms with Gasteiger partial charge in [0.1, 0.15) is 11.6 Å². The number of nitrogens with zero attached hydrogens (tertiary/aromatic N) is 9. The predicted molar refractivity (Wildman–Crippen MR) is 188 cm³/mol. The average molecular weight is 772 g/mol. The third kappa shape index (κ3) is 7.28. The fourth-order valence-electron chi connectivity index (χ4n) is 5.99. The molecule has 53 heavy (non-hydrogen) atoms. The molecular formula is C31H31F2N11O7S2. The smallest absolute Gasteiger partial charge is 0.364 e. The second-order valence-electron chi connectivity index (χ2n) is 11.7. The molecule has 6 aromatic rings. The minimum absolute atomic E-state index is 0.172. The van der Waals surface area contributed by atoms with Crippen LogP contribution in [0.5, 0.6) is 0 Å². The summed E-state index contributed by atoms with van der Waals surface area (Å²) in [6, 6.07) is 8.32. The van der Waals surface area contributed by atoms with Gasteiger partial charge in [-0.2, -0.15) is 11.8 Å². The Bertz CT molecular complexity index is 2380. The summed E-state index contributed by atoms with van der Waals surface area (Å²) in [6.07, 6.45) is 5.08. The van der Waals surface area contributed by atoms with Gasteiger partial charge in [-0.1, -0.05) is 33.1 Å². The zero-order valence-corrected chi connectivity index (χ0v) is 29.9. The van der Waals surface area contributed by atoms with Crippen molar-refractivity contribution < 1.29 is 31.9 Å². The molecule has 22 heteroatoms. The van der Waals surface area contributed by atoms with E-state index in [4.69, 9.17) is 23.1 Å². The Balaban J connectivity index is 0.000000165. The van der Waals surface area contributed by atoms with E-state index < -0.39 is 11.5 Å². The maximum Gasteiger partial charge on any atom is 0.442 e. The summed E-state index contributed by atoms with van der Waals surface area (Å²) in [5, 5.41) is 29.2. The third-order valence-corrected chi connectivity index (χ3v) is 10.4. The highest BCUT2D eigenvalue weighted by Crippen LogP contribution is 2.39. The maximum atomic E-state index is 13.6. The van der Waals surface area contributed by atoms with E-state index in [-0.39, 0.29) is 57.4 Å². The number of benzene rings is 2. The number of anilines is 2. The molecule has 2 aliphatic carbocycles. The SMILES string of the molecule is CO/N=S(\C)CCNc1nonc1-c1noc(=O)n1C1Cc2ccc(F)cc21.CSCCNc1nonc1-c1noc(=O)n1C1Cc2ccc(F)cc21. The Kier molecular flexibility index (Phi) is 10.6. The van der Waals surface area contributed by atoms with E-state index in [1.54, 1.807) is 23.9 Å². The van der Waals surface area contributed by atoms with Crippen LogP contribution in [0, 0.1) is 11.6 Å². The number of halogens is 2. The fraction of sp³-hybridized carbons (Fsp3) is 0.355. The van der Waals surface area contributed by atoms with Gasteiger partial charge < -0.3 is 10.6 Å². The molecule has 2 aliphatic rings. The lowest BCUT2D eigenvalue weighted by Crippen LogP contribution is -2.31. The summed E-state index contributed by atoms with van der Waals surface area (Å²) in [5.41, 5.74) is 3.95. The number of thioether (sulfide) groups is 1. The van der Waals surface area contributed by atoms with E-state index in [9.17, 15) is 18.4 Å². The van der Waals surface area contributed by atoms with Gasteiger partial charge in [0, 0.05) is 24.6 Å². The van der Waals surface area contributed by atoms with Crippen LogP contribution in [-0.2, 0) is 28.4 Å². The van der Waals surface area contributed by atoms with Gasteiger partial charge in [0.2, 0.25) is 23.3 Å². The van der Waals surface area contributed by atoms with Crippen LogP contribution in [0.3, 0.4) is 0 Å². The number of rotatable bonds is 13. The molecule has 0 radical (unpaired) electrons. The normalized spacial score (nSPS) is 16.2. The van der Waals surface area contributed by atoms with E-state index in [2.05, 4.69) is 46.1 Å². The topological polar surface area (TPSA) is 220 Å². The first kappa shape index (κ1) is 35.9. The molecule has 0 bridgehead atoms. The summed E-state index contributed by atoms with van der Waals surface area (Å²) in [6.45, 7) is 1.19. The van der Waals surface area contributed by atoms with Crippen molar-refractivity contribution in [2.24, 2.45) is 4.53 Å². The molecule has 0 amide bonds. The van der Waals surface area contributed by atoms with Gasteiger partial charge in [-0.15, -0.1) is 4.53 Å². The van der Waals surface area contributed by atoms with Gasteiger partial charge in [0.05, 0.1) is 19.2 Å². The van der Waals surface area contributed by atoms with E-state index in [0.717, 1.165) is 22.4 Å². The standard InChI is InChI=1S/C16H17FN6O4S.C15H14FN5O3S/c1-25-22-28(2)6-5-18-14-13(19-27-20-14)15-21-26-16(24)23(15)12-7-9-3-4-10(17)8-11(9)12;1-25-5-4-17-13-12(18-24-19-13)14-20-23-15(22)21(14)11-6-8-2-3-9(16)7-10(8)11/h3-4,8,12H,5-7H2,1-2H3,(H,18,20);2-3,7,11H,4-6H2,1H3,(H,17,19). The van der Waals surface area contributed by atoms with Crippen molar-refractivity contribution in [1.82, 2.24) is 40.1 Å². The van der Waals surface area contributed by atoms with Gasteiger partial charge >= 0.3 is 11.5 Å². The average Bonchev–Trinajstić information content (AvgIpc) is 3.93. The Hall–Kier alpha value is -5.48. The molecule has 0 fully saturated rings. The Labute approximate surface area is 304 Å². The lowest BCUT2D eigenvalue weighted by molar-refractivity contribution is 0.221. The number of aromatic nitrogens is 8. The molecule has 3 atom stereocenters. The molecule has 18 nitrogen and oxygen atoms in total. The Morgan fingerprint density at radius 2 is 1.34 bits per heavy atom. The van der Waals surface area contributed by atoms with Crippen LogP contribution in [0.25, 0.3) is 23.0 Å². The van der Waals surface area contributed by atoms with Crippen molar-refractivity contribution in [1.29, 1.82) is 0 Å². The van der Waals surface area contributed by atoms with Crippen LogP contribution in [0.1, 0.15) is 34.3 Å². The highest BCUT2D eigenvalue weighted by molar-refractivity contribution is 7.98. The zero-order valence-electron chi connectivity index (χ0n) is 28.3. The van der Waals surface area contributed by atoms with Crippen LogP contribution in [0.15, 0.2) is 68.8 Å². The monoisotopic (exact) mass is 771 g/mol. The zero-order chi connectivity index (χ0) is 37.1. The lowest BCUT2D eigenvalue weighted by Gasteiger charge is -2.30. The van der Waals surface area contributed by atoms with Crippen LogP contribution in [0.2, 0.25) is 0 Å². The van der Waals surface area contributed by atoms with Crippen LogP contribution >= 0.6 is 11.8 Å². The lowest BCUT2D eigenvalue weighted by atomic mass is 9.83. The molecule has 4 aromatic heterocycles. The third-order valence-electron chi connectivity index (χ3n) is 8.54. The Morgan fingerprint density at radius 3 is 1.83 bits per heavy atom. The van der Waals surface area contributed by atoms with E-state index in [1.807, 2.05) is 12.5 Å². The molecule has 0 aliphatic heterocycles. The van der Waals surface area contributed by atoms with Gasteiger partial charge in [-0.05, 0) is 92.5 Å². The fourth-order valence-corrected chi connectivity index (χ4v) is 7.02. The van der Waals surface area contributed by atoms with Gasteiger partial charge in [-0.3, -0.25) is 9.05 Å². The van der Waals surface area contributed by atoms with Crippen molar-refractivity contribution in [2.45, 2.75) is 24.9 Å². The molecule has 3 unspecified atom stereocenters. The molecule has 8 rings (SSSR count). The number of hydrogen-bond donors (Lipinski definition) is 2. The molecular weight excluding hydrogens is 741 g/mol. The van der Waals surface area contributed by atoms with Gasteiger partial charge in [0.25, 0.3) is 0 Å². The van der Waals surface area contributed by atoms with Crippen molar-refractivity contribution in [2.75, 3.05) is 54.9 Å². The number of hydrogen-bond acceptors (Lipinski definition) is 17. The van der Waals surface area contributed by atoms with Crippen molar-refractivity contribution in [3.8, 4) is 23.0 Å². The minimum Gasteiger partial charge on any atom is -0.364 e.